The number of anilines is 2. The van der Waals surface area contributed by atoms with Gasteiger partial charge in [-0.2, -0.15) is 0 Å². The lowest BCUT2D eigenvalue weighted by molar-refractivity contribution is 0.461. The fourth-order valence-corrected chi connectivity index (χ4v) is 4.28. The minimum atomic E-state index is -0.724. The van der Waals surface area contributed by atoms with Gasteiger partial charge in [-0.05, 0) is 47.4 Å². The molecule has 0 amide bonds. The maximum absolute atomic E-state index is 11.1. The van der Waals surface area contributed by atoms with E-state index < -0.39 is 5.41 Å². The molecular formula is C26H24N2O. The first-order chi connectivity index (χ1) is 14.0. The molecule has 4 aromatic rings. The van der Waals surface area contributed by atoms with Crippen LogP contribution in [0, 0.1) is 6.92 Å². The second-order valence-corrected chi connectivity index (χ2v) is 7.33. The molecule has 3 nitrogen and oxygen atoms in total. The molecule has 0 saturated heterocycles. The van der Waals surface area contributed by atoms with Gasteiger partial charge in [0.25, 0.3) is 0 Å². The van der Waals surface area contributed by atoms with Gasteiger partial charge in [0, 0.05) is 23.0 Å². The molecular weight excluding hydrogens is 356 g/mol. The summed E-state index contributed by atoms with van der Waals surface area (Å²) in [4.78, 5) is 0. The van der Waals surface area contributed by atoms with Crippen molar-refractivity contribution < 1.29 is 5.11 Å². The summed E-state index contributed by atoms with van der Waals surface area (Å²) in [6.07, 6.45) is 0. The summed E-state index contributed by atoms with van der Waals surface area (Å²) in [7, 11) is 0. The summed E-state index contributed by atoms with van der Waals surface area (Å²) in [6.45, 7) is 2.06. The number of phenols is 1. The Balaban J connectivity index is 2.20. The highest BCUT2D eigenvalue weighted by molar-refractivity contribution is 5.67. The fraction of sp³-hybridized carbons (Fsp3) is 0.0769. The van der Waals surface area contributed by atoms with E-state index in [0.29, 0.717) is 11.4 Å². The molecule has 29 heavy (non-hydrogen) atoms. The van der Waals surface area contributed by atoms with Crippen molar-refractivity contribution in [3.63, 3.8) is 0 Å². The van der Waals surface area contributed by atoms with E-state index >= 15 is 0 Å². The first-order valence-electron chi connectivity index (χ1n) is 9.60. The van der Waals surface area contributed by atoms with Crippen LogP contribution in [0.15, 0.2) is 97.1 Å². The number of nitrogens with two attached hydrogens (primary N) is 2. The highest BCUT2D eigenvalue weighted by Crippen LogP contribution is 2.49. The first-order valence-corrected chi connectivity index (χ1v) is 9.60. The Hall–Kier alpha value is -3.72. The number of nitrogen functional groups attached to an aromatic ring is 2. The molecule has 0 saturated carbocycles. The van der Waals surface area contributed by atoms with Gasteiger partial charge in [-0.25, -0.2) is 0 Å². The van der Waals surface area contributed by atoms with Gasteiger partial charge in [0.05, 0.1) is 5.41 Å². The molecule has 4 aromatic carbocycles. The number of aromatic hydroxyl groups is 1. The minimum absolute atomic E-state index is 0.161. The molecule has 0 atom stereocenters. The van der Waals surface area contributed by atoms with Crippen LogP contribution >= 0.6 is 0 Å². The highest BCUT2D eigenvalue weighted by atomic mass is 16.3. The van der Waals surface area contributed by atoms with Crippen LogP contribution in [0.5, 0.6) is 5.75 Å². The standard InChI is InChI=1S/C26H24N2O/c1-18-16-21(27)12-14-23(18)26(19-8-4-2-5-9-19,20-10-6-3-7-11-20)24-15-13-22(28)17-25(24)29/h2-17,29H,27-28H2,1H3. The summed E-state index contributed by atoms with van der Waals surface area (Å²) in [6, 6.07) is 31.8. The molecule has 0 unspecified atom stereocenters. The van der Waals surface area contributed by atoms with E-state index in [4.69, 9.17) is 11.5 Å². The molecule has 0 heterocycles. The van der Waals surface area contributed by atoms with Gasteiger partial charge < -0.3 is 16.6 Å². The number of hydrogen-bond acceptors (Lipinski definition) is 3. The van der Waals surface area contributed by atoms with Crippen molar-refractivity contribution in [3.05, 3.63) is 125 Å². The Morgan fingerprint density at radius 1 is 0.621 bits per heavy atom. The minimum Gasteiger partial charge on any atom is -0.508 e. The summed E-state index contributed by atoms with van der Waals surface area (Å²) in [5.74, 6) is 0.161. The number of benzene rings is 4. The third kappa shape index (κ3) is 3.11. The fourth-order valence-electron chi connectivity index (χ4n) is 4.28. The van der Waals surface area contributed by atoms with Crippen LogP contribution in [-0.4, -0.2) is 5.11 Å². The topological polar surface area (TPSA) is 72.3 Å². The Morgan fingerprint density at radius 3 is 1.59 bits per heavy atom. The van der Waals surface area contributed by atoms with E-state index in [-0.39, 0.29) is 5.75 Å². The molecule has 4 rings (SSSR count). The van der Waals surface area contributed by atoms with Gasteiger partial charge in [-0.15, -0.1) is 0 Å². The van der Waals surface area contributed by atoms with E-state index in [9.17, 15) is 5.11 Å². The summed E-state index contributed by atoms with van der Waals surface area (Å²) in [5, 5.41) is 11.1. The number of hydrogen-bond donors (Lipinski definition) is 3. The third-order valence-electron chi connectivity index (χ3n) is 5.49. The van der Waals surface area contributed by atoms with Crippen molar-refractivity contribution in [2.45, 2.75) is 12.3 Å². The highest BCUT2D eigenvalue weighted by Gasteiger charge is 2.41. The summed E-state index contributed by atoms with van der Waals surface area (Å²) >= 11 is 0. The molecule has 0 aliphatic carbocycles. The molecule has 0 aliphatic rings. The molecule has 0 aromatic heterocycles. The second kappa shape index (κ2) is 7.36. The van der Waals surface area contributed by atoms with Gasteiger partial charge in [-0.1, -0.05) is 72.8 Å². The largest absolute Gasteiger partial charge is 0.508 e. The lowest BCUT2D eigenvalue weighted by atomic mass is 9.63. The molecule has 5 N–H and O–H groups in total. The molecule has 0 spiro atoms. The number of aryl methyl sites for hydroxylation is 1. The number of rotatable bonds is 4. The predicted molar refractivity (Wildman–Crippen MR) is 120 cm³/mol. The van der Waals surface area contributed by atoms with Crippen molar-refractivity contribution >= 4 is 11.4 Å². The monoisotopic (exact) mass is 380 g/mol. The zero-order valence-corrected chi connectivity index (χ0v) is 16.3. The predicted octanol–water partition coefficient (Wildman–Crippen LogP) is 5.25. The van der Waals surface area contributed by atoms with E-state index in [1.807, 2.05) is 60.7 Å². The first kappa shape index (κ1) is 18.6. The normalized spacial score (nSPS) is 11.3. The Labute approximate surface area is 171 Å². The van der Waals surface area contributed by atoms with Gasteiger partial charge in [0.1, 0.15) is 5.75 Å². The lowest BCUT2D eigenvalue weighted by Crippen LogP contribution is -2.32. The van der Waals surface area contributed by atoms with E-state index in [2.05, 4.69) is 37.3 Å². The van der Waals surface area contributed by atoms with Crippen molar-refractivity contribution in [1.29, 1.82) is 0 Å². The van der Waals surface area contributed by atoms with Crippen molar-refractivity contribution in [1.82, 2.24) is 0 Å². The molecule has 0 bridgehead atoms. The van der Waals surface area contributed by atoms with Crippen molar-refractivity contribution in [3.8, 4) is 5.75 Å². The average Bonchev–Trinajstić information content (AvgIpc) is 2.72. The molecule has 144 valence electrons. The summed E-state index contributed by atoms with van der Waals surface area (Å²) in [5.41, 5.74) is 17.5. The van der Waals surface area contributed by atoms with Crippen LogP contribution in [0.3, 0.4) is 0 Å². The molecule has 0 fully saturated rings. The van der Waals surface area contributed by atoms with E-state index in [0.717, 1.165) is 27.8 Å². The quantitative estimate of drug-likeness (QED) is 0.334. The maximum Gasteiger partial charge on any atom is 0.122 e. The van der Waals surface area contributed by atoms with Crippen LogP contribution in [0.1, 0.15) is 27.8 Å². The lowest BCUT2D eigenvalue weighted by Gasteiger charge is -2.38. The molecule has 3 heteroatoms. The van der Waals surface area contributed by atoms with E-state index in [1.165, 1.54) is 0 Å². The zero-order chi connectivity index (χ0) is 20.4. The average molecular weight is 380 g/mol. The second-order valence-electron chi connectivity index (χ2n) is 7.33. The summed E-state index contributed by atoms with van der Waals surface area (Å²) < 4.78 is 0. The third-order valence-corrected chi connectivity index (χ3v) is 5.49. The number of phenolic OH excluding ortho intramolecular Hbond substituents is 1. The van der Waals surface area contributed by atoms with Gasteiger partial charge >= 0.3 is 0 Å². The van der Waals surface area contributed by atoms with E-state index in [1.54, 1.807) is 6.07 Å². The SMILES string of the molecule is Cc1cc(N)ccc1C(c1ccccc1)(c1ccccc1)c1ccc(N)cc1O. The smallest absolute Gasteiger partial charge is 0.122 e. The maximum atomic E-state index is 11.1. The molecule has 0 radical (unpaired) electrons. The van der Waals surface area contributed by atoms with Crippen LogP contribution in [0.4, 0.5) is 11.4 Å². The van der Waals surface area contributed by atoms with Gasteiger partial charge in [-0.3, -0.25) is 0 Å². The zero-order valence-electron chi connectivity index (χ0n) is 16.3. The van der Waals surface area contributed by atoms with Gasteiger partial charge in [0.2, 0.25) is 0 Å². The van der Waals surface area contributed by atoms with Crippen molar-refractivity contribution in [2.24, 2.45) is 0 Å². The van der Waals surface area contributed by atoms with Crippen LogP contribution in [0.2, 0.25) is 0 Å². The Kier molecular flexibility index (Phi) is 4.73. The Morgan fingerprint density at radius 2 is 1.10 bits per heavy atom. The van der Waals surface area contributed by atoms with Crippen LogP contribution in [0.25, 0.3) is 0 Å². The van der Waals surface area contributed by atoms with Crippen LogP contribution in [-0.2, 0) is 5.41 Å². The van der Waals surface area contributed by atoms with Crippen molar-refractivity contribution in [2.75, 3.05) is 11.5 Å². The van der Waals surface area contributed by atoms with Crippen LogP contribution < -0.4 is 11.5 Å². The molecule has 0 aliphatic heterocycles. The Bertz CT molecular complexity index is 1040. The van der Waals surface area contributed by atoms with Gasteiger partial charge in [0.15, 0.2) is 0 Å².